The molecule has 7 nitrogen and oxygen atoms in total. The second-order valence-electron chi connectivity index (χ2n) is 6.11. The summed E-state index contributed by atoms with van der Waals surface area (Å²) in [5, 5.41) is 7.53. The molecule has 0 radical (unpaired) electrons. The van der Waals surface area contributed by atoms with Crippen LogP contribution < -0.4 is 25.4 Å². The van der Waals surface area contributed by atoms with Crippen LogP contribution in [-0.4, -0.2) is 43.6 Å². The molecule has 0 aromatic heterocycles. The molecule has 0 aliphatic carbocycles. The van der Waals surface area contributed by atoms with E-state index in [1.165, 1.54) is 0 Å². The smallest absolute Gasteiger partial charge is 0.315 e. The Morgan fingerprint density at radius 3 is 2.31 bits per heavy atom. The molecule has 0 heterocycles. The molecule has 0 spiro atoms. The number of hydrogen-bond acceptors (Lipinski definition) is 4. The highest BCUT2D eigenvalue weighted by molar-refractivity contribution is 6.30. The number of halogens is 1. The molecule has 2 atom stereocenters. The summed E-state index contributed by atoms with van der Waals surface area (Å²) < 4.78 is 11.0. The van der Waals surface area contributed by atoms with Gasteiger partial charge in [-0.1, -0.05) is 6.07 Å². The van der Waals surface area contributed by atoms with Crippen molar-refractivity contribution in [3.05, 3.63) is 23.8 Å². The Morgan fingerprint density at radius 1 is 1.08 bits per heavy atom. The lowest BCUT2D eigenvalue weighted by Gasteiger charge is -2.18. The summed E-state index contributed by atoms with van der Waals surface area (Å²) in [6.45, 7) is 7.96. The van der Waals surface area contributed by atoms with Gasteiger partial charge < -0.3 is 25.4 Å². The molecule has 0 bridgehead atoms. The molecule has 0 saturated heterocycles. The van der Waals surface area contributed by atoms with Crippen molar-refractivity contribution in [2.75, 3.05) is 20.2 Å². The maximum Gasteiger partial charge on any atom is 0.315 e. The van der Waals surface area contributed by atoms with Crippen molar-refractivity contribution in [1.82, 2.24) is 16.0 Å². The third-order valence-corrected chi connectivity index (χ3v) is 3.67. The highest BCUT2D eigenvalue weighted by atomic mass is 35.5. The molecule has 3 N–H and O–H groups in total. The Labute approximate surface area is 159 Å². The van der Waals surface area contributed by atoms with Crippen LogP contribution in [0.1, 0.15) is 39.3 Å². The van der Waals surface area contributed by atoms with Crippen LogP contribution in [0.3, 0.4) is 0 Å². The molecular formula is C18H28ClN3O4. The third-order valence-electron chi connectivity index (χ3n) is 3.47. The number of alkyl halides is 1. The maximum absolute atomic E-state index is 12.0. The molecule has 26 heavy (non-hydrogen) atoms. The van der Waals surface area contributed by atoms with Gasteiger partial charge in [-0.2, -0.15) is 0 Å². The summed E-state index contributed by atoms with van der Waals surface area (Å²) in [6, 6.07) is 4.99. The Balaban J connectivity index is 2.52. The van der Waals surface area contributed by atoms with Gasteiger partial charge in [0.2, 0.25) is 5.91 Å². The Kier molecular flexibility index (Phi) is 9.05. The molecule has 1 rings (SSSR count). The number of benzene rings is 1. The second kappa shape index (κ2) is 10.8. The number of ether oxygens (including phenoxy) is 2. The van der Waals surface area contributed by atoms with Gasteiger partial charge in [0.05, 0.1) is 19.3 Å². The van der Waals surface area contributed by atoms with E-state index in [0.717, 1.165) is 5.56 Å². The first-order valence-electron chi connectivity index (χ1n) is 8.55. The molecule has 146 valence electrons. The Morgan fingerprint density at radius 2 is 1.73 bits per heavy atom. The van der Waals surface area contributed by atoms with Crippen molar-refractivity contribution in [1.29, 1.82) is 0 Å². The van der Waals surface area contributed by atoms with E-state index < -0.39 is 5.38 Å². The van der Waals surface area contributed by atoms with Gasteiger partial charge in [-0.25, -0.2) is 4.79 Å². The summed E-state index contributed by atoms with van der Waals surface area (Å²) in [5.41, 5.74) is 0.886. The van der Waals surface area contributed by atoms with Crippen LogP contribution in [0, 0.1) is 0 Å². The van der Waals surface area contributed by atoms with E-state index in [2.05, 4.69) is 16.0 Å². The lowest BCUT2D eigenvalue weighted by molar-refractivity contribution is -0.120. The molecule has 1 aromatic carbocycles. The number of amides is 3. The minimum atomic E-state index is -0.596. The van der Waals surface area contributed by atoms with Gasteiger partial charge in [0, 0.05) is 13.1 Å². The Bertz CT molecular complexity index is 608. The van der Waals surface area contributed by atoms with Crippen LogP contribution in [0.25, 0.3) is 0 Å². The minimum Gasteiger partial charge on any atom is -0.493 e. The zero-order valence-electron chi connectivity index (χ0n) is 15.9. The fourth-order valence-electron chi connectivity index (χ4n) is 2.14. The van der Waals surface area contributed by atoms with E-state index in [-0.39, 0.29) is 24.1 Å². The van der Waals surface area contributed by atoms with Crippen molar-refractivity contribution >= 4 is 23.5 Å². The summed E-state index contributed by atoms with van der Waals surface area (Å²) >= 11 is 5.64. The van der Waals surface area contributed by atoms with Crippen molar-refractivity contribution in [2.24, 2.45) is 0 Å². The minimum absolute atomic E-state index is 0.0401. The van der Waals surface area contributed by atoms with Crippen LogP contribution in [-0.2, 0) is 4.79 Å². The van der Waals surface area contributed by atoms with E-state index >= 15 is 0 Å². The molecule has 0 saturated carbocycles. The number of carbonyl (C=O) groups excluding carboxylic acids is 2. The van der Waals surface area contributed by atoms with Gasteiger partial charge in [-0.15, -0.1) is 11.6 Å². The first-order valence-corrected chi connectivity index (χ1v) is 8.99. The lowest BCUT2D eigenvalue weighted by atomic mass is 10.1. The predicted octanol–water partition coefficient (Wildman–Crippen LogP) is 2.59. The zero-order valence-corrected chi connectivity index (χ0v) is 16.6. The van der Waals surface area contributed by atoms with Gasteiger partial charge in [0.15, 0.2) is 11.5 Å². The van der Waals surface area contributed by atoms with Gasteiger partial charge in [0.25, 0.3) is 0 Å². The van der Waals surface area contributed by atoms with Gasteiger partial charge in [-0.3, -0.25) is 4.79 Å². The van der Waals surface area contributed by atoms with Crippen molar-refractivity contribution in [3.8, 4) is 11.5 Å². The SMILES string of the molecule is COc1cc([C@@H](C)NC(=O)NCCNC(=O)[C@H](C)Cl)ccc1OC(C)C. The Hall–Kier alpha value is -2.15. The largest absolute Gasteiger partial charge is 0.493 e. The molecular weight excluding hydrogens is 358 g/mol. The maximum atomic E-state index is 12.0. The summed E-state index contributed by atoms with van der Waals surface area (Å²) in [7, 11) is 1.58. The predicted molar refractivity (Wildman–Crippen MR) is 102 cm³/mol. The molecule has 0 fully saturated rings. The van der Waals surface area contributed by atoms with Crippen LogP contribution in [0.5, 0.6) is 11.5 Å². The highest BCUT2D eigenvalue weighted by Gasteiger charge is 2.14. The monoisotopic (exact) mass is 385 g/mol. The van der Waals surface area contributed by atoms with Crippen LogP contribution >= 0.6 is 11.6 Å². The van der Waals surface area contributed by atoms with E-state index in [1.54, 1.807) is 14.0 Å². The quantitative estimate of drug-likeness (QED) is 0.450. The lowest BCUT2D eigenvalue weighted by Crippen LogP contribution is -2.42. The number of hydrogen-bond donors (Lipinski definition) is 3. The zero-order chi connectivity index (χ0) is 19.7. The van der Waals surface area contributed by atoms with Crippen molar-refractivity contribution in [2.45, 2.75) is 45.2 Å². The average Bonchev–Trinajstić information content (AvgIpc) is 2.58. The number of urea groups is 1. The highest BCUT2D eigenvalue weighted by Crippen LogP contribution is 2.31. The molecule has 1 aromatic rings. The van der Waals surface area contributed by atoms with Gasteiger partial charge >= 0.3 is 6.03 Å². The topological polar surface area (TPSA) is 88.7 Å². The summed E-state index contributed by atoms with van der Waals surface area (Å²) in [4.78, 5) is 23.3. The molecule has 0 unspecified atom stereocenters. The van der Waals surface area contributed by atoms with Crippen molar-refractivity contribution in [3.63, 3.8) is 0 Å². The van der Waals surface area contributed by atoms with E-state index in [9.17, 15) is 9.59 Å². The second-order valence-corrected chi connectivity index (χ2v) is 6.76. The van der Waals surface area contributed by atoms with E-state index in [0.29, 0.717) is 24.6 Å². The van der Waals surface area contributed by atoms with Crippen molar-refractivity contribution < 1.29 is 19.1 Å². The normalized spacial score (nSPS) is 12.9. The summed E-state index contributed by atoms with van der Waals surface area (Å²) in [6.07, 6.45) is 0.0401. The van der Waals surface area contributed by atoms with E-state index in [4.69, 9.17) is 21.1 Å². The molecule has 0 aliphatic rings. The fraction of sp³-hybridized carbons (Fsp3) is 0.556. The third kappa shape index (κ3) is 7.39. The number of methoxy groups -OCH3 is 1. The molecule has 8 heteroatoms. The van der Waals surface area contributed by atoms with E-state index in [1.807, 2.05) is 39.0 Å². The first kappa shape index (κ1) is 21.9. The molecule has 3 amide bonds. The standard InChI is InChI=1S/C18H28ClN3O4/c1-11(2)26-15-7-6-14(10-16(15)25-5)13(4)22-18(24)21-9-8-20-17(23)12(3)19/h6-7,10-13H,8-9H2,1-5H3,(H,20,23)(H2,21,22,24)/t12-,13+/m0/s1. The first-order chi connectivity index (χ1) is 12.2. The number of nitrogens with one attached hydrogen (secondary N) is 3. The van der Waals surface area contributed by atoms with Crippen LogP contribution in [0.15, 0.2) is 18.2 Å². The van der Waals surface area contributed by atoms with Gasteiger partial charge in [-0.05, 0) is 45.4 Å². The van der Waals surface area contributed by atoms with Crippen LogP contribution in [0.2, 0.25) is 0 Å². The van der Waals surface area contributed by atoms with Crippen LogP contribution in [0.4, 0.5) is 4.79 Å². The number of rotatable bonds is 9. The summed E-state index contributed by atoms with van der Waals surface area (Å²) in [5.74, 6) is 1.01. The fourth-order valence-corrected chi connectivity index (χ4v) is 2.22. The molecule has 0 aliphatic heterocycles. The number of carbonyl (C=O) groups is 2. The van der Waals surface area contributed by atoms with Gasteiger partial charge in [0.1, 0.15) is 5.38 Å². The average molecular weight is 386 g/mol.